The summed E-state index contributed by atoms with van der Waals surface area (Å²) in [6.45, 7) is 4.06. The Bertz CT molecular complexity index is 384. The first-order chi connectivity index (χ1) is 9.33. The van der Waals surface area contributed by atoms with Gasteiger partial charge >= 0.3 is 0 Å². The number of aromatic amines is 1. The zero-order valence-corrected chi connectivity index (χ0v) is 11.8. The van der Waals surface area contributed by atoms with E-state index in [0.29, 0.717) is 12.0 Å². The number of hydrogen-bond donors (Lipinski definition) is 2. The highest BCUT2D eigenvalue weighted by Gasteiger charge is 2.42. The Balaban J connectivity index is 1.74. The van der Waals surface area contributed by atoms with Crippen molar-refractivity contribution in [2.24, 2.45) is 5.92 Å². The van der Waals surface area contributed by atoms with Gasteiger partial charge in [-0.05, 0) is 38.1 Å². The Morgan fingerprint density at radius 2 is 2.37 bits per heavy atom. The molecule has 2 aliphatic rings. The van der Waals surface area contributed by atoms with Crippen LogP contribution in [0.5, 0.6) is 0 Å². The van der Waals surface area contributed by atoms with Crippen molar-refractivity contribution in [1.29, 1.82) is 0 Å². The second-order valence-electron chi connectivity index (χ2n) is 6.00. The molecule has 106 valence electrons. The van der Waals surface area contributed by atoms with Crippen LogP contribution in [0.15, 0.2) is 12.4 Å². The molecule has 1 aromatic heterocycles. The van der Waals surface area contributed by atoms with Gasteiger partial charge in [-0.2, -0.15) is 0 Å². The molecule has 2 unspecified atom stereocenters. The van der Waals surface area contributed by atoms with Gasteiger partial charge in [0, 0.05) is 19.0 Å². The zero-order valence-electron chi connectivity index (χ0n) is 11.8. The zero-order chi connectivity index (χ0) is 13.1. The lowest BCUT2D eigenvalue weighted by Gasteiger charge is -2.41. The maximum atomic E-state index is 6.14. The van der Waals surface area contributed by atoms with Crippen LogP contribution in [0.3, 0.4) is 0 Å². The smallest absolute Gasteiger partial charge is 0.123 e. The number of imidazole rings is 1. The number of nitrogens with one attached hydrogen (secondary N) is 2. The van der Waals surface area contributed by atoms with Crippen molar-refractivity contribution < 1.29 is 4.74 Å². The molecule has 4 nitrogen and oxygen atoms in total. The fraction of sp³-hybridized carbons (Fsp3) is 0.800. The second-order valence-corrected chi connectivity index (χ2v) is 6.00. The molecule has 2 atom stereocenters. The van der Waals surface area contributed by atoms with E-state index in [1.807, 2.05) is 12.4 Å². The quantitative estimate of drug-likeness (QED) is 0.878. The first kappa shape index (κ1) is 13.1. The summed E-state index contributed by atoms with van der Waals surface area (Å²) in [7, 11) is 0. The maximum absolute atomic E-state index is 6.14. The lowest BCUT2D eigenvalue weighted by molar-refractivity contribution is -0.0985. The van der Waals surface area contributed by atoms with Crippen molar-refractivity contribution in [3.05, 3.63) is 18.2 Å². The Labute approximate surface area is 115 Å². The number of aromatic nitrogens is 2. The average Bonchev–Trinajstić information content (AvgIpc) is 3.08. The van der Waals surface area contributed by atoms with Gasteiger partial charge in [0.2, 0.25) is 0 Å². The van der Waals surface area contributed by atoms with Crippen LogP contribution in [0.25, 0.3) is 0 Å². The summed E-state index contributed by atoms with van der Waals surface area (Å²) in [5.41, 5.74) is 0.184. The Kier molecular flexibility index (Phi) is 3.89. The van der Waals surface area contributed by atoms with E-state index in [2.05, 4.69) is 22.2 Å². The number of rotatable bonds is 4. The van der Waals surface area contributed by atoms with Gasteiger partial charge in [0.05, 0.1) is 11.6 Å². The van der Waals surface area contributed by atoms with Gasteiger partial charge in [-0.3, -0.25) is 0 Å². The summed E-state index contributed by atoms with van der Waals surface area (Å²) in [5.74, 6) is 1.72. The fourth-order valence-corrected chi connectivity index (χ4v) is 3.87. The third kappa shape index (κ3) is 2.70. The van der Waals surface area contributed by atoms with E-state index in [9.17, 15) is 0 Å². The average molecular weight is 263 g/mol. The van der Waals surface area contributed by atoms with Crippen LogP contribution in [-0.2, 0) is 4.74 Å². The number of hydrogen-bond acceptors (Lipinski definition) is 3. The predicted molar refractivity (Wildman–Crippen MR) is 74.9 cm³/mol. The first-order valence-corrected chi connectivity index (χ1v) is 7.70. The third-order valence-electron chi connectivity index (χ3n) is 4.76. The van der Waals surface area contributed by atoms with Gasteiger partial charge in [0.25, 0.3) is 0 Å². The van der Waals surface area contributed by atoms with Crippen LogP contribution >= 0.6 is 0 Å². The highest BCUT2D eigenvalue weighted by atomic mass is 16.5. The summed E-state index contributed by atoms with van der Waals surface area (Å²) in [5, 5.41) is 3.61. The predicted octanol–water partition coefficient (Wildman–Crippen LogP) is 2.80. The van der Waals surface area contributed by atoms with Crippen LogP contribution < -0.4 is 5.32 Å². The molecule has 1 aromatic rings. The van der Waals surface area contributed by atoms with Crippen LogP contribution in [-0.4, -0.2) is 28.7 Å². The minimum atomic E-state index is 0.184. The summed E-state index contributed by atoms with van der Waals surface area (Å²) in [4.78, 5) is 7.75. The van der Waals surface area contributed by atoms with E-state index in [0.717, 1.165) is 25.4 Å². The molecule has 4 heteroatoms. The van der Waals surface area contributed by atoms with Crippen molar-refractivity contribution >= 4 is 0 Å². The van der Waals surface area contributed by atoms with Crippen molar-refractivity contribution in [2.45, 2.75) is 57.1 Å². The molecule has 1 saturated heterocycles. The Hall–Kier alpha value is -0.870. The van der Waals surface area contributed by atoms with Crippen LogP contribution in [0.4, 0.5) is 0 Å². The fourth-order valence-electron chi connectivity index (χ4n) is 3.87. The first-order valence-electron chi connectivity index (χ1n) is 7.70. The van der Waals surface area contributed by atoms with Gasteiger partial charge < -0.3 is 15.0 Å². The number of ether oxygens (including phenoxy) is 1. The van der Waals surface area contributed by atoms with E-state index < -0.39 is 0 Å². The van der Waals surface area contributed by atoms with Crippen LogP contribution in [0.2, 0.25) is 0 Å². The summed E-state index contributed by atoms with van der Waals surface area (Å²) < 4.78 is 6.14. The van der Waals surface area contributed by atoms with Gasteiger partial charge in [-0.1, -0.05) is 19.8 Å². The van der Waals surface area contributed by atoms with Gasteiger partial charge in [-0.25, -0.2) is 4.98 Å². The summed E-state index contributed by atoms with van der Waals surface area (Å²) >= 11 is 0. The SMILES string of the molecule is CCNC(c1ncc[nH]1)C1CCOC2(CCCC2)C1. The normalized spacial score (nSPS) is 27.7. The van der Waals surface area contributed by atoms with E-state index in [4.69, 9.17) is 4.74 Å². The molecule has 2 fully saturated rings. The molecule has 1 saturated carbocycles. The Morgan fingerprint density at radius 1 is 1.53 bits per heavy atom. The molecule has 19 heavy (non-hydrogen) atoms. The minimum Gasteiger partial charge on any atom is -0.375 e. The minimum absolute atomic E-state index is 0.184. The van der Waals surface area contributed by atoms with Gasteiger partial charge in [0.1, 0.15) is 5.82 Å². The largest absolute Gasteiger partial charge is 0.375 e. The summed E-state index contributed by atoms with van der Waals surface area (Å²) in [6, 6.07) is 0.348. The molecule has 2 heterocycles. The van der Waals surface area contributed by atoms with Crippen molar-refractivity contribution in [3.63, 3.8) is 0 Å². The molecule has 2 N–H and O–H groups in total. The maximum Gasteiger partial charge on any atom is 0.123 e. The highest BCUT2D eigenvalue weighted by molar-refractivity contribution is 5.02. The molecule has 1 aliphatic heterocycles. The monoisotopic (exact) mass is 263 g/mol. The molecular formula is C15H25N3O. The van der Waals surface area contributed by atoms with Gasteiger partial charge in [0.15, 0.2) is 0 Å². The van der Waals surface area contributed by atoms with E-state index in [1.54, 1.807) is 0 Å². The van der Waals surface area contributed by atoms with Crippen LogP contribution in [0.1, 0.15) is 57.3 Å². The number of nitrogens with zero attached hydrogens (tertiary/aromatic N) is 1. The molecule has 0 amide bonds. The van der Waals surface area contributed by atoms with E-state index in [-0.39, 0.29) is 5.60 Å². The lowest BCUT2D eigenvalue weighted by Crippen LogP contribution is -2.42. The summed E-state index contributed by atoms with van der Waals surface area (Å²) in [6.07, 6.45) is 11.3. The lowest BCUT2D eigenvalue weighted by atomic mass is 9.80. The second kappa shape index (κ2) is 5.63. The molecule has 3 rings (SSSR count). The molecular weight excluding hydrogens is 238 g/mol. The van der Waals surface area contributed by atoms with E-state index in [1.165, 1.54) is 32.1 Å². The molecule has 1 spiro atoms. The Morgan fingerprint density at radius 3 is 3.05 bits per heavy atom. The van der Waals surface area contributed by atoms with Gasteiger partial charge in [-0.15, -0.1) is 0 Å². The topological polar surface area (TPSA) is 49.9 Å². The van der Waals surface area contributed by atoms with Crippen molar-refractivity contribution in [3.8, 4) is 0 Å². The van der Waals surface area contributed by atoms with Crippen LogP contribution in [0, 0.1) is 5.92 Å². The molecule has 0 bridgehead atoms. The number of H-pyrrole nitrogens is 1. The standard InChI is InChI=1S/C15H25N3O/c1-2-16-13(14-17-8-9-18-14)12-5-10-19-15(11-12)6-3-4-7-15/h8-9,12-13,16H,2-7,10-11H2,1H3,(H,17,18). The molecule has 0 aromatic carbocycles. The molecule has 1 aliphatic carbocycles. The molecule has 0 radical (unpaired) electrons. The highest BCUT2D eigenvalue weighted by Crippen LogP contribution is 2.44. The third-order valence-corrected chi connectivity index (χ3v) is 4.76. The van der Waals surface area contributed by atoms with E-state index >= 15 is 0 Å². The van der Waals surface area contributed by atoms with Crippen molar-refractivity contribution in [1.82, 2.24) is 15.3 Å². The van der Waals surface area contributed by atoms with Crippen molar-refractivity contribution in [2.75, 3.05) is 13.2 Å².